The van der Waals surface area contributed by atoms with E-state index >= 15 is 0 Å². The number of carboxylic acid groups (broad SMARTS) is 1. The van der Waals surface area contributed by atoms with E-state index in [0.29, 0.717) is 5.56 Å². The van der Waals surface area contributed by atoms with Crippen LogP contribution in [0.4, 0.5) is 13.2 Å². The van der Waals surface area contributed by atoms with Crippen molar-refractivity contribution in [3.8, 4) is 0 Å². The van der Waals surface area contributed by atoms with Crippen molar-refractivity contribution in [1.82, 2.24) is 5.32 Å². The van der Waals surface area contributed by atoms with Crippen LogP contribution in [-0.4, -0.2) is 23.0 Å². The summed E-state index contributed by atoms with van der Waals surface area (Å²) in [6.07, 6.45) is -4.58. The Morgan fingerprint density at radius 1 is 1.08 bits per heavy atom. The molecule has 0 radical (unpaired) electrons. The molecule has 2 rings (SSSR count). The lowest BCUT2D eigenvalue weighted by atomic mass is 10.0. The van der Waals surface area contributed by atoms with Gasteiger partial charge in [-0.3, -0.25) is 4.79 Å². The summed E-state index contributed by atoms with van der Waals surface area (Å²) >= 11 is 3.32. The lowest BCUT2D eigenvalue weighted by Crippen LogP contribution is -2.43. The average Bonchev–Trinajstić information content (AvgIpc) is 2.55. The molecule has 0 spiro atoms. The van der Waals surface area contributed by atoms with Crippen LogP contribution in [0.2, 0.25) is 0 Å². The number of benzene rings is 2. The molecule has 8 heteroatoms. The number of rotatable bonds is 6. The first-order valence-electron chi connectivity index (χ1n) is 7.58. The Morgan fingerprint density at radius 3 is 2.23 bits per heavy atom. The van der Waals surface area contributed by atoms with E-state index in [1.54, 1.807) is 24.3 Å². The molecule has 0 aromatic heterocycles. The minimum atomic E-state index is -4.45. The van der Waals surface area contributed by atoms with Crippen molar-refractivity contribution in [3.05, 3.63) is 69.7 Å². The number of carboxylic acids is 1. The summed E-state index contributed by atoms with van der Waals surface area (Å²) in [4.78, 5) is 23.5. The summed E-state index contributed by atoms with van der Waals surface area (Å²) in [5.74, 6) is -1.77. The van der Waals surface area contributed by atoms with Crippen LogP contribution in [0, 0.1) is 0 Å². The van der Waals surface area contributed by atoms with Gasteiger partial charge in [0.15, 0.2) is 0 Å². The third-order valence-electron chi connectivity index (χ3n) is 3.66. The van der Waals surface area contributed by atoms with Crippen molar-refractivity contribution in [2.75, 3.05) is 0 Å². The second-order valence-electron chi connectivity index (χ2n) is 5.63. The third kappa shape index (κ3) is 5.59. The van der Waals surface area contributed by atoms with E-state index in [0.717, 1.165) is 22.2 Å². The highest BCUT2D eigenvalue weighted by atomic mass is 79.9. The molecule has 0 saturated heterocycles. The maximum Gasteiger partial charge on any atom is 0.416 e. The highest BCUT2D eigenvalue weighted by Gasteiger charge is 2.30. The van der Waals surface area contributed by atoms with Crippen LogP contribution in [0.25, 0.3) is 0 Å². The van der Waals surface area contributed by atoms with E-state index in [4.69, 9.17) is 0 Å². The summed E-state index contributed by atoms with van der Waals surface area (Å²) < 4.78 is 38.3. The Labute approximate surface area is 156 Å². The van der Waals surface area contributed by atoms with Crippen LogP contribution in [0.3, 0.4) is 0 Å². The number of halogens is 4. The van der Waals surface area contributed by atoms with Crippen LogP contribution < -0.4 is 5.32 Å². The number of hydrogen-bond acceptors (Lipinski definition) is 2. The first-order valence-corrected chi connectivity index (χ1v) is 8.38. The number of carbonyl (C=O) groups is 2. The van der Waals surface area contributed by atoms with E-state index in [1.807, 2.05) is 0 Å². The van der Waals surface area contributed by atoms with Crippen LogP contribution >= 0.6 is 15.9 Å². The second-order valence-corrected chi connectivity index (χ2v) is 6.48. The molecule has 0 aliphatic rings. The molecule has 0 aliphatic carbocycles. The van der Waals surface area contributed by atoms with Crippen LogP contribution in [0.15, 0.2) is 53.0 Å². The highest BCUT2D eigenvalue weighted by molar-refractivity contribution is 9.10. The highest BCUT2D eigenvalue weighted by Crippen LogP contribution is 2.29. The zero-order valence-electron chi connectivity index (χ0n) is 13.4. The standard InChI is InChI=1S/C18H15BrF3NO3/c19-14-4-2-1-3-12(14)10-15(17(25)26)23-16(24)9-11-5-7-13(8-6-11)18(20,21)22/h1-8,15H,9-10H2,(H,23,24)(H,25,26)/t15-/m0/s1. The van der Waals surface area contributed by atoms with Crippen LogP contribution in [0.5, 0.6) is 0 Å². The van der Waals surface area contributed by atoms with Crippen molar-refractivity contribution in [1.29, 1.82) is 0 Å². The van der Waals surface area contributed by atoms with E-state index in [9.17, 15) is 27.9 Å². The summed E-state index contributed by atoms with van der Waals surface area (Å²) in [5.41, 5.74) is 0.272. The SMILES string of the molecule is O=C(Cc1ccc(C(F)(F)F)cc1)N[C@@H](Cc1ccccc1Br)C(=O)O. The zero-order chi connectivity index (χ0) is 19.3. The van der Waals surface area contributed by atoms with E-state index in [1.165, 1.54) is 12.1 Å². The first kappa shape index (κ1) is 20.0. The maximum atomic E-state index is 12.5. The minimum absolute atomic E-state index is 0.0789. The van der Waals surface area contributed by atoms with Gasteiger partial charge in [-0.2, -0.15) is 13.2 Å². The predicted octanol–water partition coefficient (Wildman–Crippen LogP) is 3.82. The van der Waals surface area contributed by atoms with Gasteiger partial charge in [0.05, 0.1) is 12.0 Å². The maximum absolute atomic E-state index is 12.5. The molecule has 1 atom stereocenters. The van der Waals surface area contributed by atoms with Crippen molar-refractivity contribution in [2.45, 2.75) is 25.1 Å². The summed E-state index contributed by atoms with van der Waals surface area (Å²) in [6.45, 7) is 0. The molecule has 0 saturated carbocycles. The van der Waals surface area contributed by atoms with Crippen molar-refractivity contribution in [3.63, 3.8) is 0 Å². The molecule has 0 fully saturated rings. The van der Waals surface area contributed by atoms with Crippen molar-refractivity contribution >= 4 is 27.8 Å². The van der Waals surface area contributed by atoms with Gasteiger partial charge in [0.2, 0.25) is 5.91 Å². The molecule has 0 aliphatic heterocycles. The molecule has 2 aromatic carbocycles. The number of nitrogens with one attached hydrogen (secondary N) is 1. The molecule has 1 amide bonds. The molecule has 2 aromatic rings. The van der Waals surface area contributed by atoms with E-state index in [2.05, 4.69) is 21.2 Å². The second kappa shape index (κ2) is 8.35. The normalized spacial score (nSPS) is 12.5. The molecular formula is C18H15BrF3NO3. The van der Waals surface area contributed by atoms with Crippen molar-refractivity contribution in [2.24, 2.45) is 0 Å². The van der Waals surface area contributed by atoms with Gasteiger partial charge in [0.1, 0.15) is 6.04 Å². The van der Waals surface area contributed by atoms with E-state index in [-0.39, 0.29) is 12.8 Å². The van der Waals surface area contributed by atoms with Gasteiger partial charge in [0, 0.05) is 10.9 Å². The lowest BCUT2D eigenvalue weighted by Gasteiger charge is -2.16. The van der Waals surface area contributed by atoms with Crippen LogP contribution in [0.1, 0.15) is 16.7 Å². The van der Waals surface area contributed by atoms with Crippen molar-refractivity contribution < 1.29 is 27.9 Å². The molecule has 0 unspecified atom stereocenters. The molecule has 0 bridgehead atoms. The number of aliphatic carboxylic acids is 1. The fraction of sp³-hybridized carbons (Fsp3) is 0.222. The van der Waals surface area contributed by atoms with Gasteiger partial charge in [-0.05, 0) is 29.3 Å². The Balaban J connectivity index is 2.02. The Morgan fingerprint density at radius 2 is 1.69 bits per heavy atom. The molecule has 4 nitrogen and oxygen atoms in total. The lowest BCUT2D eigenvalue weighted by molar-refractivity contribution is -0.141. The summed E-state index contributed by atoms with van der Waals surface area (Å²) in [7, 11) is 0. The zero-order valence-corrected chi connectivity index (χ0v) is 15.0. The van der Waals surface area contributed by atoms with Gasteiger partial charge >= 0.3 is 12.1 Å². The fourth-order valence-corrected chi connectivity index (χ4v) is 2.77. The number of amides is 1. The fourth-order valence-electron chi connectivity index (χ4n) is 2.33. The predicted molar refractivity (Wildman–Crippen MR) is 92.6 cm³/mol. The van der Waals surface area contributed by atoms with Gasteiger partial charge in [0.25, 0.3) is 0 Å². The molecular weight excluding hydrogens is 415 g/mol. The molecule has 0 heterocycles. The molecule has 2 N–H and O–H groups in total. The molecule has 26 heavy (non-hydrogen) atoms. The summed E-state index contributed by atoms with van der Waals surface area (Å²) in [5, 5.41) is 11.7. The van der Waals surface area contributed by atoms with Gasteiger partial charge < -0.3 is 10.4 Å². The number of hydrogen-bond donors (Lipinski definition) is 2. The summed E-state index contributed by atoms with van der Waals surface area (Å²) in [6, 6.07) is 10.1. The Hall–Kier alpha value is -2.35. The average molecular weight is 430 g/mol. The Kier molecular flexibility index (Phi) is 6.42. The first-order chi connectivity index (χ1) is 12.2. The topological polar surface area (TPSA) is 66.4 Å². The number of alkyl halides is 3. The smallest absolute Gasteiger partial charge is 0.416 e. The van der Waals surface area contributed by atoms with E-state index < -0.39 is 29.7 Å². The Bertz CT molecular complexity index is 791. The largest absolute Gasteiger partial charge is 0.480 e. The van der Waals surface area contributed by atoms with Gasteiger partial charge in [-0.15, -0.1) is 0 Å². The quantitative estimate of drug-likeness (QED) is 0.733. The monoisotopic (exact) mass is 429 g/mol. The minimum Gasteiger partial charge on any atom is -0.480 e. The third-order valence-corrected chi connectivity index (χ3v) is 4.43. The molecule has 138 valence electrons. The number of carbonyl (C=O) groups excluding carboxylic acids is 1. The van der Waals surface area contributed by atoms with Gasteiger partial charge in [-0.1, -0.05) is 46.3 Å². The van der Waals surface area contributed by atoms with Gasteiger partial charge in [-0.25, -0.2) is 4.79 Å². The van der Waals surface area contributed by atoms with Crippen LogP contribution in [-0.2, 0) is 28.6 Å².